The van der Waals surface area contributed by atoms with Crippen molar-refractivity contribution >= 4 is 24.2 Å². The number of esters is 1. The SMILES string of the molecule is C/C(=C\[C@H](C(C)C)N(C)C(=O)CNC=O)C(=O)N1CCCC1C(=O)OCc1ccccc1.CC(C)N1CCCCC1.CCC.CCCCCCCCC. The number of benzene rings is 1. The largest absolute Gasteiger partial charge is 0.459 e. The van der Waals surface area contributed by atoms with E-state index in [1.807, 2.05) is 44.2 Å². The zero-order chi connectivity index (χ0) is 40.0. The van der Waals surface area contributed by atoms with Crippen LogP contribution in [0, 0.1) is 5.92 Å². The third kappa shape index (κ3) is 21.9. The van der Waals surface area contributed by atoms with Crippen molar-refractivity contribution in [3.05, 3.63) is 47.5 Å². The number of piperidine rings is 1. The summed E-state index contributed by atoms with van der Waals surface area (Å²) in [4.78, 5) is 54.2. The van der Waals surface area contributed by atoms with Crippen molar-refractivity contribution in [3.8, 4) is 0 Å². The second-order valence-electron chi connectivity index (χ2n) is 15.0. The predicted octanol–water partition coefficient (Wildman–Crippen LogP) is 8.95. The third-order valence-electron chi connectivity index (χ3n) is 9.46. The lowest BCUT2D eigenvalue weighted by atomic mass is 9.99. The van der Waals surface area contributed by atoms with Crippen LogP contribution < -0.4 is 5.32 Å². The Kier molecular flexibility index (Phi) is 29.3. The Morgan fingerprint density at radius 1 is 0.868 bits per heavy atom. The van der Waals surface area contributed by atoms with Crippen LogP contribution >= 0.6 is 0 Å². The number of carbonyl (C=O) groups excluding carboxylic acids is 4. The van der Waals surface area contributed by atoms with E-state index in [9.17, 15) is 19.2 Å². The van der Waals surface area contributed by atoms with Crippen LogP contribution in [0.2, 0.25) is 0 Å². The van der Waals surface area contributed by atoms with Crippen molar-refractivity contribution in [1.29, 1.82) is 0 Å². The van der Waals surface area contributed by atoms with E-state index >= 15 is 0 Å². The molecule has 304 valence electrons. The summed E-state index contributed by atoms with van der Waals surface area (Å²) in [5.41, 5.74) is 1.36. The van der Waals surface area contributed by atoms with Gasteiger partial charge in [0.05, 0.1) is 12.6 Å². The van der Waals surface area contributed by atoms with Gasteiger partial charge in [0.2, 0.25) is 18.2 Å². The quantitative estimate of drug-likeness (QED) is 0.0741. The molecule has 3 amide bonds. The Labute approximate surface area is 324 Å². The minimum atomic E-state index is -0.608. The predicted molar refractivity (Wildman–Crippen MR) is 220 cm³/mol. The normalized spacial score (nSPS) is 16.3. The average molecular weight is 743 g/mol. The smallest absolute Gasteiger partial charge is 0.329 e. The maximum Gasteiger partial charge on any atom is 0.329 e. The number of rotatable bonds is 17. The standard InChI is InChI=1S/C24H33N3O5.C9H20.C8H17N.C3H8/c1-17(2)21(26(4)22(29)14-25-16-28)13-18(3)23(30)27-12-8-11-20(27)24(31)32-15-19-9-6-5-7-10-19;1-3-5-7-9-8-6-4-2;1-8(2)9-6-4-3-5-7-9;1-3-2/h5-7,9-10,13,16-17,20-21H,8,11-12,14-15H2,1-4H3,(H,25,28);3-9H2,1-2H3;8H,3-7H2,1-2H3;3H2,1-2H3/b18-13+;;;/t20?,21-;;;/m1.../s1. The van der Waals surface area contributed by atoms with Crippen LogP contribution in [0.3, 0.4) is 0 Å². The molecule has 2 saturated heterocycles. The molecule has 0 radical (unpaired) electrons. The molecular weight excluding hydrogens is 665 g/mol. The summed E-state index contributed by atoms with van der Waals surface area (Å²) < 4.78 is 5.46. The zero-order valence-electron chi connectivity index (χ0n) is 35.5. The number of hydrogen-bond acceptors (Lipinski definition) is 6. The Morgan fingerprint density at radius 2 is 1.43 bits per heavy atom. The molecule has 2 fully saturated rings. The molecule has 2 aliphatic heterocycles. The molecule has 1 aromatic carbocycles. The number of nitrogens with one attached hydrogen (secondary N) is 1. The number of likely N-dealkylation sites (tertiary alicyclic amines) is 2. The van der Waals surface area contributed by atoms with Gasteiger partial charge in [0, 0.05) is 25.2 Å². The zero-order valence-corrected chi connectivity index (χ0v) is 35.5. The summed E-state index contributed by atoms with van der Waals surface area (Å²) in [5, 5.41) is 2.37. The molecule has 1 unspecified atom stereocenters. The first-order chi connectivity index (χ1) is 25.4. The topological polar surface area (TPSA) is 99.3 Å². The summed E-state index contributed by atoms with van der Waals surface area (Å²) in [5.74, 6) is -0.842. The molecule has 3 rings (SSSR count). The lowest BCUT2D eigenvalue weighted by molar-refractivity contribution is -0.153. The molecule has 0 saturated carbocycles. The van der Waals surface area contributed by atoms with E-state index in [1.165, 1.54) is 88.6 Å². The van der Waals surface area contributed by atoms with Gasteiger partial charge in [-0.3, -0.25) is 14.4 Å². The number of nitrogens with zero attached hydrogens (tertiary/aromatic N) is 3. The molecule has 0 bridgehead atoms. The van der Waals surface area contributed by atoms with E-state index < -0.39 is 12.0 Å². The first kappa shape index (κ1) is 49.8. The van der Waals surface area contributed by atoms with Gasteiger partial charge in [-0.05, 0) is 71.0 Å². The Morgan fingerprint density at radius 3 is 1.92 bits per heavy atom. The summed E-state index contributed by atoms with van der Waals surface area (Å²) in [6.07, 6.45) is 19.0. The number of likely N-dealkylation sites (N-methyl/N-ethyl adjacent to an activating group) is 1. The highest BCUT2D eigenvalue weighted by Crippen LogP contribution is 2.23. The van der Waals surface area contributed by atoms with Crippen molar-refractivity contribution < 1.29 is 23.9 Å². The summed E-state index contributed by atoms with van der Waals surface area (Å²) in [6, 6.07) is 9.25. The molecule has 0 aromatic heterocycles. The van der Waals surface area contributed by atoms with E-state index in [0.29, 0.717) is 24.9 Å². The van der Waals surface area contributed by atoms with Crippen LogP contribution in [0.4, 0.5) is 0 Å². The van der Waals surface area contributed by atoms with E-state index in [-0.39, 0.29) is 36.9 Å². The number of amides is 3. The van der Waals surface area contributed by atoms with Crippen LogP contribution in [0.25, 0.3) is 0 Å². The van der Waals surface area contributed by atoms with Crippen molar-refractivity contribution in [2.45, 2.75) is 171 Å². The fourth-order valence-corrected chi connectivity index (χ4v) is 6.27. The van der Waals surface area contributed by atoms with Gasteiger partial charge in [-0.2, -0.15) is 0 Å². The summed E-state index contributed by atoms with van der Waals surface area (Å²) in [6.45, 7) is 22.2. The number of carbonyl (C=O) groups is 4. The Bertz CT molecular complexity index is 1130. The van der Waals surface area contributed by atoms with Gasteiger partial charge in [-0.25, -0.2) is 4.79 Å². The molecule has 2 atom stereocenters. The van der Waals surface area contributed by atoms with Gasteiger partial charge >= 0.3 is 5.97 Å². The first-order valence-corrected chi connectivity index (χ1v) is 20.8. The molecule has 9 heteroatoms. The van der Waals surface area contributed by atoms with Gasteiger partial charge in [-0.15, -0.1) is 0 Å². The Hall–Kier alpha value is -3.20. The van der Waals surface area contributed by atoms with Gasteiger partial charge in [-0.1, -0.05) is 136 Å². The highest BCUT2D eigenvalue weighted by molar-refractivity contribution is 5.96. The van der Waals surface area contributed by atoms with E-state index in [4.69, 9.17) is 4.74 Å². The molecule has 1 aromatic rings. The van der Waals surface area contributed by atoms with E-state index in [1.54, 1.807) is 24.9 Å². The lowest BCUT2D eigenvalue weighted by Gasteiger charge is -2.30. The second kappa shape index (κ2) is 31.2. The summed E-state index contributed by atoms with van der Waals surface area (Å²) >= 11 is 0. The van der Waals surface area contributed by atoms with Crippen molar-refractivity contribution in [2.24, 2.45) is 5.92 Å². The van der Waals surface area contributed by atoms with Crippen LogP contribution in [-0.2, 0) is 30.5 Å². The van der Waals surface area contributed by atoms with E-state index in [2.05, 4.69) is 51.8 Å². The van der Waals surface area contributed by atoms with Crippen molar-refractivity contribution in [1.82, 2.24) is 20.0 Å². The minimum Gasteiger partial charge on any atom is -0.459 e. The molecule has 53 heavy (non-hydrogen) atoms. The van der Waals surface area contributed by atoms with Crippen LogP contribution in [0.15, 0.2) is 42.0 Å². The van der Waals surface area contributed by atoms with Crippen LogP contribution in [0.1, 0.15) is 151 Å². The highest BCUT2D eigenvalue weighted by atomic mass is 16.5. The molecule has 2 heterocycles. The molecule has 2 aliphatic rings. The fourth-order valence-electron chi connectivity index (χ4n) is 6.27. The Balaban J connectivity index is 0.00000104. The molecule has 0 spiro atoms. The monoisotopic (exact) mass is 743 g/mol. The number of unbranched alkanes of at least 4 members (excludes halogenated alkanes) is 6. The first-order valence-electron chi connectivity index (χ1n) is 20.8. The third-order valence-corrected chi connectivity index (χ3v) is 9.46. The van der Waals surface area contributed by atoms with Crippen LogP contribution in [-0.4, -0.2) is 90.2 Å². The number of hydrogen-bond donors (Lipinski definition) is 1. The number of ether oxygens (including phenoxy) is 1. The highest BCUT2D eigenvalue weighted by Gasteiger charge is 2.36. The maximum atomic E-state index is 13.1. The van der Waals surface area contributed by atoms with Gasteiger partial charge in [0.25, 0.3) is 0 Å². The average Bonchev–Trinajstić information content (AvgIpc) is 3.66. The van der Waals surface area contributed by atoms with Gasteiger partial charge in [0.1, 0.15) is 12.6 Å². The van der Waals surface area contributed by atoms with Crippen molar-refractivity contribution in [2.75, 3.05) is 33.2 Å². The molecular formula is C44H78N4O5. The lowest BCUT2D eigenvalue weighted by Crippen LogP contribution is -2.44. The van der Waals surface area contributed by atoms with Gasteiger partial charge in [0.15, 0.2) is 0 Å². The van der Waals surface area contributed by atoms with Crippen LogP contribution in [0.5, 0.6) is 0 Å². The molecule has 0 aliphatic carbocycles. The van der Waals surface area contributed by atoms with Crippen molar-refractivity contribution in [3.63, 3.8) is 0 Å². The molecule has 1 N–H and O–H groups in total. The molecule has 9 nitrogen and oxygen atoms in total. The minimum absolute atomic E-state index is 0.0492. The van der Waals surface area contributed by atoms with Gasteiger partial charge < -0.3 is 24.8 Å². The summed E-state index contributed by atoms with van der Waals surface area (Å²) in [7, 11) is 1.65. The maximum absolute atomic E-state index is 13.1. The fraction of sp³-hybridized carbons (Fsp3) is 0.727. The second-order valence-corrected chi connectivity index (χ2v) is 15.0. The van der Waals surface area contributed by atoms with E-state index in [0.717, 1.165) is 18.0 Å².